The maximum absolute atomic E-state index is 11.7. The molecule has 0 aliphatic carbocycles. The van der Waals surface area contributed by atoms with Crippen LogP contribution >= 0.6 is 34.8 Å². The number of amides is 1. The number of nitrogens with zero attached hydrogens (tertiary/aromatic N) is 3. The molecule has 1 amide bonds. The average Bonchev–Trinajstić information content (AvgIpc) is 2.87. The van der Waals surface area contributed by atoms with E-state index >= 15 is 0 Å². The second-order valence-electron chi connectivity index (χ2n) is 4.48. The van der Waals surface area contributed by atoms with E-state index in [9.17, 15) is 4.79 Å². The number of benzene rings is 1. The Labute approximate surface area is 142 Å². The molecule has 1 aromatic carbocycles. The molecule has 0 atom stereocenters. The van der Waals surface area contributed by atoms with Gasteiger partial charge in [-0.1, -0.05) is 41.7 Å². The maximum atomic E-state index is 11.7. The highest BCUT2D eigenvalue weighted by Crippen LogP contribution is 2.38. The molecule has 22 heavy (non-hydrogen) atoms. The quantitative estimate of drug-likeness (QED) is 0.830. The number of hydrogen-bond donors (Lipinski definition) is 1. The third-order valence-electron chi connectivity index (χ3n) is 3.00. The number of rotatable bonds is 3. The minimum atomic E-state index is -0.260. The molecule has 0 unspecified atom stereocenters. The van der Waals surface area contributed by atoms with Gasteiger partial charge in [0.05, 0.1) is 21.3 Å². The molecule has 8 heteroatoms. The van der Waals surface area contributed by atoms with Crippen molar-refractivity contribution < 1.29 is 4.79 Å². The Balaban J connectivity index is 2.69. The van der Waals surface area contributed by atoms with Gasteiger partial charge in [0.1, 0.15) is 17.3 Å². The molecule has 1 N–H and O–H groups in total. The van der Waals surface area contributed by atoms with E-state index in [1.54, 1.807) is 19.9 Å². The molecular weight excluding hydrogens is 347 g/mol. The van der Waals surface area contributed by atoms with Gasteiger partial charge in [-0.2, -0.15) is 10.4 Å². The van der Waals surface area contributed by atoms with E-state index in [0.717, 1.165) is 0 Å². The normalized spacial score (nSPS) is 10.4. The minimum Gasteiger partial charge on any atom is -0.309 e. The molecule has 0 fully saturated rings. The lowest BCUT2D eigenvalue weighted by molar-refractivity contribution is -0.115. The van der Waals surface area contributed by atoms with Crippen molar-refractivity contribution in [2.75, 3.05) is 5.32 Å². The van der Waals surface area contributed by atoms with Crippen LogP contribution < -0.4 is 5.32 Å². The number of carbonyl (C=O) groups is 1. The zero-order chi connectivity index (χ0) is 16.4. The summed E-state index contributed by atoms with van der Waals surface area (Å²) in [6.45, 7) is 3.47. The zero-order valence-electron chi connectivity index (χ0n) is 11.7. The van der Waals surface area contributed by atoms with Crippen molar-refractivity contribution >= 4 is 46.5 Å². The third kappa shape index (κ3) is 2.91. The van der Waals surface area contributed by atoms with Crippen LogP contribution in [0.1, 0.15) is 24.5 Å². The molecule has 5 nitrogen and oxygen atoms in total. The highest BCUT2D eigenvalue weighted by Gasteiger charge is 2.21. The predicted molar refractivity (Wildman–Crippen MR) is 87.0 cm³/mol. The first-order valence-electron chi connectivity index (χ1n) is 6.33. The fourth-order valence-corrected chi connectivity index (χ4v) is 2.70. The molecular formula is C14H11Cl3N4O. The molecule has 0 aliphatic rings. The van der Waals surface area contributed by atoms with Crippen LogP contribution in [0.5, 0.6) is 0 Å². The molecule has 2 rings (SSSR count). The Morgan fingerprint density at radius 3 is 2.68 bits per heavy atom. The first kappa shape index (κ1) is 16.6. The van der Waals surface area contributed by atoms with Crippen molar-refractivity contribution in [2.24, 2.45) is 0 Å². The summed E-state index contributed by atoms with van der Waals surface area (Å²) in [5.41, 5.74) is 1.23. The van der Waals surface area contributed by atoms with Crippen molar-refractivity contribution in [1.29, 1.82) is 5.26 Å². The number of carbonyl (C=O) groups excluding carboxylic acids is 1. The van der Waals surface area contributed by atoms with Crippen LogP contribution in [0.15, 0.2) is 12.3 Å². The fraction of sp³-hybridized carbons (Fsp3) is 0.214. The Morgan fingerprint density at radius 2 is 2.09 bits per heavy atom. The summed E-state index contributed by atoms with van der Waals surface area (Å²) < 4.78 is 1.31. The first-order chi connectivity index (χ1) is 10.4. The lowest BCUT2D eigenvalue weighted by Gasteiger charge is -2.14. The second kappa shape index (κ2) is 6.57. The molecule has 1 heterocycles. The Hall–Kier alpha value is -1.74. The van der Waals surface area contributed by atoms with Crippen molar-refractivity contribution in [3.05, 3.63) is 38.5 Å². The van der Waals surface area contributed by atoms with E-state index in [-0.39, 0.29) is 28.7 Å². The smallest absolute Gasteiger partial charge is 0.225 e. The van der Waals surface area contributed by atoms with E-state index in [4.69, 9.17) is 40.1 Å². The van der Waals surface area contributed by atoms with Crippen LogP contribution in [0.2, 0.25) is 15.1 Å². The number of hydrogen-bond acceptors (Lipinski definition) is 3. The van der Waals surface area contributed by atoms with Crippen molar-refractivity contribution in [3.63, 3.8) is 0 Å². The number of nitrogens with one attached hydrogen (secondary N) is 1. The minimum absolute atomic E-state index is 0.200. The van der Waals surface area contributed by atoms with E-state index < -0.39 is 0 Å². The number of aryl methyl sites for hydroxylation is 1. The number of halogens is 3. The van der Waals surface area contributed by atoms with E-state index in [1.807, 2.05) is 6.07 Å². The molecule has 1 aromatic heterocycles. The molecule has 0 radical (unpaired) electrons. The van der Waals surface area contributed by atoms with Gasteiger partial charge in [0.25, 0.3) is 0 Å². The topological polar surface area (TPSA) is 70.7 Å². The number of aromatic nitrogens is 2. The second-order valence-corrected chi connectivity index (χ2v) is 5.65. The number of nitriles is 1. The van der Waals surface area contributed by atoms with Crippen LogP contribution in [-0.2, 0) is 4.79 Å². The van der Waals surface area contributed by atoms with Gasteiger partial charge in [-0.25, -0.2) is 4.68 Å². The van der Waals surface area contributed by atoms with Crippen LogP contribution in [-0.4, -0.2) is 15.7 Å². The molecule has 0 bridgehead atoms. The highest BCUT2D eigenvalue weighted by atomic mass is 35.5. The SMILES string of the molecule is CCC(=O)Nc1c(C#N)cnn1-c1c(Cl)cc(C)c(Cl)c1Cl. The molecule has 0 saturated heterocycles. The van der Waals surface area contributed by atoms with Crippen molar-refractivity contribution in [3.8, 4) is 11.8 Å². The molecule has 2 aromatic rings. The molecule has 0 aliphatic heterocycles. The van der Waals surface area contributed by atoms with Gasteiger partial charge in [-0.15, -0.1) is 0 Å². The summed E-state index contributed by atoms with van der Waals surface area (Å²) in [5.74, 6) is -0.0539. The Kier molecular flexibility index (Phi) is 4.97. The standard InChI is InChI=1S/C14H11Cl3N4O/c1-3-10(22)20-14-8(5-18)6-19-21(14)13-9(15)4-7(2)11(16)12(13)17/h4,6H,3H2,1-2H3,(H,20,22). The molecule has 0 spiro atoms. The summed E-state index contributed by atoms with van der Waals surface area (Å²) in [7, 11) is 0. The molecule has 0 saturated carbocycles. The lowest BCUT2D eigenvalue weighted by atomic mass is 10.2. The van der Waals surface area contributed by atoms with Gasteiger partial charge in [0.15, 0.2) is 5.82 Å². The van der Waals surface area contributed by atoms with Gasteiger partial charge in [-0.3, -0.25) is 4.79 Å². The largest absolute Gasteiger partial charge is 0.309 e. The van der Waals surface area contributed by atoms with Gasteiger partial charge < -0.3 is 5.32 Å². The van der Waals surface area contributed by atoms with Gasteiger partial charge in [0, 0.05) is 6.42 Å². The summed E-state index contributed by atoms with van der Waals surface area (Å²) >= 11 is 18.6. The van der Waals surface area contributed by atoms with Crippen LogP contribution in [0, 0.1) is 18.3 Å². The summed E-state index contributed by atoms with van der Waals surface area (Å²) in [4.78, 5) is 11.7. The third-order valence-corrected chi connectivity index (χ3v) is 4.24. The predicted octanol–water partition coefficient (Wildman–Crippen LogP) is 4.36. The van der Waals surface area contributed by atoms with E-state index in [2.05, 4.69) is 10.4 Å². The van der Waals surface area contributed by atoms with Crippen LogP contribution in [0.4, 0.5) is 5.82 Å². The van der Waals surface area contributed by atoms with Crippen LogP contribution in [0.25, 0.3) is 5.69 Å². The fourth-order valence-electron chi connectivity index (χ4n) is 1.84. The van der Waals surface area contributed by atoms with Crippen LogP contribution in [0.3, 0.4) is 0 Å². The van der Waals surface area contributed by atoms with Gasteiger partial charge in [-0.05, 0) is 18.6 Å². The lowest BCUT2D eigenvalue weighted by Crippen LogP contribution is -2.15. The van der Waals surface area contributed by atoms with E-state index in [1.165, 1.54) is 10.9 Å². The Bertz CT molecular complexity index is 792. The summed E-state index contributed by atoms with van der Waals surface area (Å²) in [5, 5.41) is 16.7. The maximum Gasteiger partial charge on any atom is 0.225 e. The van der Waals surface area contributed by atoms with Crippen molar-refractivity contribution in [1.82, 2.24) is 9.78 Å². The van der Waals surface area contributed by atoms with Gasteiger partial charge >= 0.3 is 0 Å². The first-order valence-corrected chi connectivity index (χ1v) is 7.46. The van der Waals surface area contributed by atoms with E-state index in [0.29, 0.717) is 21.3 Å². The number of anilines is 1. The highest BCUT2D eigenvalue weighted by molar-refractivity contribution is 6.45. The zero-order valence-corrected chi connectivity index (χ0v) is 14.0. The average molecular weight is 358 g/mol. The molecule has 114 valence electrons. The van der Waals surface area contributed by atoms with Crippen molar-refractivity contribution in [2.45, 2.75) is 20.3 Å². The summed E-state index contributed by atoms with van der Waals surface area (Å²) in [6.07, 6.45) is 1.58. The van der Waals surface area contributed by atoms with Gasteiger partial charge in [0.2, 0.25) is 5.91 Å². The monoisotopic (exact) mass is 356 g/mol. The summed E-state index contributed by atoms with van der Waals surface area (Å²) in [6, 6.07) is 3.61. The Morgan fingerprint density at radius 1 is 1.41 bits per heavy atom.